The van der Waals surface area contributed by atoms with Gasteiger partial charge in [0, 0.05) is 0 Å². The van der Waals surface area contributed by atoms with Crippen LogP contribution in [0.4, 0.5) is 4.39 Å². The van der Waals surface area contributed by atoms with Crippen molar-refractivity contribution >= 4 is 0 Å². The molecule has 1 aromatic heterocycles. The molecule has 18 heavy (non-hydrogen) atoms. The Balaban J connectivity index is 1.73. The second-order valence-electron chi connectivity index (χ2n) is 4.50. The standard InChI is InChI=1S/C13H14FN3O/c14-10-4-1-3-9(7-10)8-12-16-13(17-18-12)11-5-2-6-15-11/h1,3-4,7,11,15H,2,5-6,8H2. The molecule has 4 nitrogen and oxygen atoms in total. The molecule has 1 aliphatic heterocycles. The predicted molar refractivity (Wildman–Crippen MR) is 63.5 cm³/mol. The molecule has 94 valence electrons. The predicted octanol–water partition coefficient (Wildman–Crippen LogP) is 2.22. The van der Waals surface area contributed by atoms with Gasteiger partial charge < -0.3 is 9.84 Å². The molecule has 1 aliphatic rings. The van der Waals surface area contributed by atoms with E-state index in [2.05, 4.69) is 15.5 Å². The van der Waals surface area contributed by atoms with Gasteiger partial charge in [0.05, 0.1) is 12.5 Å². The summed E-state index contributed by atoms with van der Waals surface area (Å²) < 4.78 is 18.2. The Morgan fingerprint density at radius 1 is 1.44 bits per heavy atom. The van der Waals surface area contributed by atoms with Gasteiger partial charge in [0.2, 0.25) is 5.89 Å². The Hall–Kier alpha value is -1.75. The van der Waals surface area contributed by atoms with E-state index >= 15 is 0 Å². The fraction of sp³-hybridized carbons (Fsp3) is 0.385. The highest BCUT2D eigenvalue weighted by Gasteiger charge is 2.21. The molecule has 3 rings (SSSR count). The van der Waals surface area contributed by atoms with Crippen LogP contribution in [-0.2, 0) is 6.42 Å². The average Bonchev–Trinajstić information content (AvgIpc) is 2.98. The summed E-state index contributed by atoms with van der Waals surface area (Å²) in [4.78, 5) is 4.35. The molecule has 0 aliphatic carbocycles. The van der Waals surface area contributed by atoms with E-state index in [0.29, 0.717) is 18.1 Å². The Morgan fingerprint density at radius 3 is 3.17 bits per heavy atom. The summed E-state index contributed by atoms with van der Waals surface area (Å²) in [5, 5.41) is 7.29. The molecular weight excluding hydrogens is 233 g/mol. The van der Waals surface area contributed by atoms with Crippen molar-refractivity contribution in [2.45, 2.75) is 25.3 Å². The van der Waals surface area contributed by atoms with Crippen molar-refractivity contribution in [2.75, 3.05) is 6.54 Å². The van der Waals surface area contributed by atoms with Gasteiger partial charge in [-0.15, -0.1) is 0 Å². The summed E-state index contributed by atoms with van der Waals surface area (Å²) in [6.07, 6.45) is 2.65. The molecule has 2 aromatic rings. The maximum absolute atomic E-state index is 13.0. The summed E-state index contributed by atoms with van der Waals surface area (Å²) in [6, 6.07) is 6.64. The fourth-order valence-corrected chi connectivity index (χ4v) is 2.21. The molecule has 1 aromatic carbocycles. The number of halogens is 1. The van der Waals surface area contributed by atoms with Gasteiger partial charge in [-0.05, 0) is 37.1 Å². The number of aromatic nitrogens is 2. The lowest BCUT2D eigenvalue weighted by atomic mass is 10.1. The number of benzene rings is 1. The van der Waals surface area contributed by atoms with Crippen LogP contribution in [-0.4, -0.2) is 16.7 Å². The maximum atomic E-state index is 13.0. The number of hydrogen-bond donors (Lipinski definition) is 1. The van der Waals surface area contributed by atoms with E-state index in [4.69, 9.17) is 4.52 Å². The Labute approximate surface area is 104 Å². The summed E-state index contributed by atoms with van der Waals surface area (Å²) in [6.45, 7) is 0.998. The maximum Gasteiger partial charge on any atom is 0.231 e. The third kappa shape index (κ3) is 2.41. The van der Waals surface area contributed by atoms with Gasteiger partial charge in [-0.25, -0.2) is 4.39 Å². The van der Waals surface area contributed by atoms with Crippen LogP contribution in [0.2, 0.25) is 0 Å². The molecule has 0 spiro atoms. The first kappa shape index (κ1) is 11.3. The molecule has 0 bridgehead atoms. The monoisotopic (exact) mass is 247 g/mol. The van der Waals surface area contributed by atoms with Crippen molar-refractivity contribution in [1.82, 2.24) is 15.5 Å². The van der Waals surface area contributed by atoms with E-state index in [-0.39, 0.29) is 11.9 Å². The van der Waals surface area contributed by atoms with Crippen LogP contribution in [0.5, 0.6) is 0 Å². The molecule has 0 radical (unpaired) electrons. The summed E-state index contributed by atoms with van der Waals surface area (Å²) in [5.74, 6) is 0.993. The van der Waals surface area contributed by atoms with Crippen LogP contribution in [0, 0.1) is 5.82 Å². The first-order valence-electron chi connectivity index (χ1n) is 6.11. The van der Waals surface area contributed by atoms with Crippen LogP contribution in [0.1, 0.15) is 36.2 Å². The highest BCUT2D eigenvalue weighted by atomic mass is 19.1. The average molecular weight is 247 g/mol. The number of nitrogens with zero attached hydrogens (tertiary/aromatic N) is 2. The largest absolute Gasteiger partial charge is 0.339 e. The minimum atomic E-state index is -0.246. The minimum absolute atomic E-state index is 0.204. The van der Waals surface area contributed by atoms with E-state index in [9.17, 15) is 4.39 Å². The van der Waals surface area contributed by atoms with E-state index in [0.717, 1.165) is 24.9 Å². The van der Waals surface area contributed by atoms with Crippen LogP contribution < -0.4 is 5.32 Å². The van der Waals surface area contributed by atoms with Crippen molar-refractivity contribution < 1.29 is 8.91 Å². The van der Waals surface area contributed by atoms with Crippen molar-refractivity contribution in [3.63, 3.8) is 0 Å². The molecule has 1 unspecified atom stereocenters. The smallest absolute Gasteiger partial charge is 0.231 e. The first-order valence-corrected chi connectivity index (χ1v) is 6.11. The van der Waals surface area contributed by atoms with Crippen molar-refractivity contribution in [3.05, 3.63) is 47.4 Å². The SMILES string of the molecule is Fc1cccc(Cc2nc(C3CCCN3)no2)c1. The summed E-state index contributed by atoms with van der Waals surface area (Å²) >= 11 is 0. The van der Waals surface area contributed by atoms with E-state index in [1.54, 1.807) is 6.07 Å². The lowest BCUT2D eigenvalue weighted by Gasteiger charge is -2.01. The summed E-state index contributed by atoms with van der Waals surface area (Å²) in [7, 11) is 0. The summed E-state index contributed by atoms with van der Waals surface area (Å²) in [5.41, 5.74) is 0.838. The molecule has 1 saturated heterocycles. The van der Waals surface area contributed by atoms with Gasteiger partial charge in [0.25, 0.3) is 0 Å². The van der Waals surface area contributed by atoms with E-state index < -0.39 is 0 Å². The van der Waals surface area contributed by atoms with Gasteiger partial charge in [-0.1, -0.05) is 17.3 Å². The lowest BCUT2D eigenvalue weighted by molar-refractivity contribution is 0.373. The van der Waals surface area contributed by atoms with Crippen LogP contribution in [0.15, 0.2) is 28.8 Å². The minimum Gasteiger partial charge on any atom is -0.339 e. The second-order valence-corrected chi connectivity index (χ2v) is 4.50. The van der Waals surface area contributed by atoms with Gasteiger partial charge in [0.1, 0.15) is 5.82 Å². The van der Waals surface area contributed by atoms with Crippen molar-refractivity contribution in [2.24, 2.45) is 0 Å². The van der Waals surface area contributed by atoms with E-state index in [1.165, 1.54) is 12.1 Å². The molecule has 1 N–H and O–H groups in total. The molecule has 1 atom stereocenters. The molecular formula is C13H14FN3O. The highest BCUT2D eigenvalue weighted by Crippen LogP contribution is 2.20. The third-order valence-corrected chi connectivity index (χ3v) is 3.10. The lowest BCUT2D eigenvalue weighted by Crippen LogP contribution is -2.14. The molecule has 0 amide bonds. The third-order valence-electron chi connectivity index (χ3n) is 3.10. The Morgan fingerprint density at radius 2 is 2.39 bits per heavy atom. The quantitative estimate of drug-likeness (QED) is 0.903. The van der Waals surface area contributed by atoms with Crippen LogP contribution in [0.3, 0.4) is 0 Å². The normalized spacial score (nSPS) is 19.3. The fourth-order valence-electron chi connectivity index (χ4n) is 2.21. The van der Waals surface area contributed by atoms with Gasteiger partial charge in [-0.2, -0.15) is 4.98 Å². The van der Waals surface area contributed by atoms with Crippen LogP contribution >= 0.6 is 0 Å². The molecule has 5 heteroatoms. The van der Waals surface area contributed by atoms with Gasteiger partial charge in [-0.3, -0.25) is 0 Å². The molecule has 0 saturated carbocycles. The zero-order chi connectivity index (χ0) is 12.4. The molecule has 1 fully saturated rings. The van der Waals surface area contributed by atoms with Crippen LogP contribution in [0.25, 0.3) is 0 Å². The van der Waals surface area contributed by atoms with Gasteiger partial charge >= 0.3 is 0 Å². The van der Waals surface area contributed by atoms with Crippen molar-refractivity contribution in [3.8, 4) is 0 Å². The zero-order valence-electron chi connectivity index (χ0n) is 9.90. The topological polar surface area (TPSA) is 51.0 Å². The highest BCUT2D eigenvalue weighted by molar-refractivity contribution is 5.19. The number of rotatable bonds is 3. The zero-order valence-corrected chi connectivity index (χ0v) is 9.90. The van der Waals surface area contributed by atoms with Gasteiger partial charge in [0.15, 0.2) is 5.82 Å². The van der Waals surface area contributed by atoms with Crippen molar-refractivity contribution in [1.29, 1.82) is 0 Å². The Bertz CT molecular complexity index is 535. The van der Waals surface area contributed by atoms with E-state index in [1.807, 2.05) is 6.07 Å². The number of nitrogens with one attached hydrogen (secondary N) is 1. The first-order chi connectivity index (χ1) is 8.81. The second kappa shape index (κ2) is 4.86. The Kier molecular flexibility index (Phi) is 3.06. The number of hydrogen-bond acceptors (Lipinski definition) is 4. The molecule has 2 heterocycles.